The van der Waals surface area contributed by atoms with Crippen LogP contribution >= 0.6 is 0 Å². The van der Waals surface area contributed by atoms with Gasteiger partial charge in [0.25, 0.3) is 0 Å². The van der Waals surface area contributed by atoms with E-state index in [2.05, 4.69) is 18.7 Å². The second-order valence-corrected chi connectivity index (χ2v) is 5.25. The van der Waals surface area contributed by atoms with E-state index in [1.165, 1.54) is 6.42 Å². The van der Waals surface area contributed by atoms with Crippen molar-refractivity contribution in [1.29, 1.82) is 0 Å². The van der Waals surface area contributed by atoms with Gasteiger partial charge >= 0.3 is 0 Å². The molecule has 2 atom stereocenters. The molecule has 2 unspecified atom stereocenters. The third kappa shape index (κ3) is 3.41. The van der Waals surface area contributed by atoms with Crippen LogP contribution in [0.15, 0.2) is 0 Å². The first-order chi connectivity index (χ1) is 7.00. The van der Waals surface area contributed by atoms with Crippen LogP contribution in [0.1, 0.15) is 20.3 Å². The second kappa shape index (κ2) is 5.25. The largest absolute Gasteiger partial charge is 0.395 e. The van der Waals surface area contributed by atoms with E-state index in [9.17, 15) is 5.11 Å². The van der Waals surface area contributed by atoms with E-state index in [-0.39, 0.29) is 18.7 Å². The molecule has 0 aromatic rings. The average Bonchev–Trinajstić information content (AvgIpc) is 2.48. The van der Waals surface area contributed by atoms with Gasteiger partial charge in [0.1, 0.15) is 0 Å². The summed E-state index contributed by atoms with van der Waals surface area (Å²) < 4.78 is 5.04. The van der Waals surface area contributed by atoms with Gasteiger partial charge in [0, 0.05) is 19.7 Å². The van der Waals surface area contributed by atoms with Crippen molar-refractivity contribution < 1.29 is 9.84 Å². The van der Waals surface area contributed by atoms with Crippen LogP contribution in [-0.4, -0.2) is 55.5 Å². The minimum Gasteiger partial charge on any atom is -0.395 e. The van der Waals surface area contributed by atoms with Crippen LogP contribution in [0.2, 0.25) is 0 Å². The van der Waals surface area contributed by atoms with Crippen LogP contribution in [0, 0.1) is 5.41 Å². The molecule has 1 aliphatic heterocycles. The van der Waals surface area contributed by atoms with Gasteiger partial charge in [0.15, 0.2) is 0 Å². The smallest absolute Gasteiger partial charge is 0.0629 e. The number of aliphatic hydroxyl groups is 1. The first-order valence-electron chi connectivity index (χ1n) is 5.59. The Kier molecular flexibility index (Phi) is 4.52. The van der Waals surface area contributed by atoms with Crippen LogP contribution in [0.3, 0.4) is 0 Å². The monoisotopic (exact) mass is 216 g/mol. The van der Waals surface area contributed by atoms with Crippen LogP contribution < -0.4 is 5.73 Å². The Hall–Kier alpha value is -0.160. The molecule has 15 heavy (non-hydrogen) atoms. The molecular weight excluding hydrogens is 192 g/mol. The summed E-state index contributed by atoms with van der Waals surface area (Å²) in [6.45, 7) is 7.15. The quantitative estimate of drug-likeness (QED) is 0.682. The summed E-state index contributed by atoms with van der Waals surface area (Å²) in [5.74, 6) is 0. The van der Waals surface area contributed by atoms with Gasteiger partial charge in [0.2, 0.25) is 0 Å². The van der Waals surface area contributed by atoms with Crippen LogP contribution in [0.25, 0.3) is 0 Å². The van der Waals surface area contributed by atoms with E-state index in [0.717, 1.165) is 13.1 Å². The number of hydrogen-bond acceptors (Lipinski definition) is 4. The van der Waals surface area contributed by atoms with Gasteiger partial charge < -0.3 is 15.6 Å². The number of ether oxygens (including phenoxy) is 1. The molecule has 0 saturated carbocycles. The van der Waals surface area contributed by atoms with Crippen LogP contribution in [0.5, 0.6) is 0 Å². The highest BCUT2D eigenvalue weighted by Crippen LogP contribution is 2.30. The molecule has 0 aromatic heterocycles. The highest BCUT2D eigenvalue weighted by molar-refractivity contribution is 4.90. The lowest BCUT2D eigenvalue weighted by Gasteiger charge is -2.31. The summed E-state index contributed by atoms with van der Waals surface area (Å²) in [6, 6.07) is -0.0689. The predicted molar refractivity (Wildman–Crippen MR) is 60.7 cm³/mol. The van der Waals surface area contributed by atoms with Crippen LogP contribution in [0.4, 0.5) is 0 Å². The molecule has 0 aromatic carbocycles. The van der Waals surface area contributed by atoms with Gasteiger partial charge in [0.05, 0.1) is 19.3 Å². The number of methoxy groups -OCH3 is 1. The first-order valence-corrected chi connectivity index (χ1v) is 5.59. The number of nitrogens with two attached hydrogens (primary N) is 1. The summed E-state index contributed by atoms with van der Waals surface area (Å²) in [4.78, 5) is 2.28. The molecule has 1 aliphatic rings. The molecular formula is C11H24N2O2. The minimum absolute atomic E-state index is 0.0340. The molecule has 3 N–H and O–H groups in total. The van der Waals surface area contributed by atoms with Gasteiger partial charge in [-0.3, -0.25) is 4.90 Å². The summed E-state index contributed by atoms with van der Waals surface area (Å²) >= 11 is 0. The summed E-state index contributed by atoms with van der Waals surface area (Å²) in [7, 11) is 1.64. The Labute approximate surface area is 92.4 Å². The SMILES string of the molecule is COCC(N)C(CO)N1CCC(C)(C)C1. The van der Waals surface area contributed by atoms with Crippen molar-refractivity contribution in [2.45, 2.75) is 32.4 Å². The molecule has 1 saturated heterocycles. The van der Waals surface area contributed by atoms with Gasteiger partial charge in [-0.1, -0.05) is 13.8 Å². The summed E-state index contributed by atoms with van der Waals surface area (Å²) in [5.41, 5.74) is 6.33. The van der Waals surface area contributed by atoms with E-state index >= 15 is 0 Å². The number of aliphatic hydroxyl groups excluding tert-OH is 1. The van der Waals surface area contributed by atoms with Crippen molar-refractivity contribution in [3.05, 3.63) is 0 Å². The van der Waals surface area contributed by atoms with E-state index < -0.39 is 0 Å². The van der Waals surface area contributed by atoms with E-state index in [1.54, 1.807) is 7.11 Å². The lowest BCUT2D eigenvalue weighted by atomic mass is 9.93. The maximum absolute atomic E-state index is 9.38. The third-order valence-corrected chi connectivity index (χ3v) is 3.22. The topological polar surface area (TPSA) is 58.7 Å². The lowest BCUT2D eigenvalue weighted by molar-refractivity contribution is 0.0790. The Morgan fingerprint density at radius 1 is 1.53 bits per heavy atom. The zero-order valence-corrected chi connectivity index (χ0v) is 10.1. The maximum Gasteiger partial charge on any atom is 0.0629 e. The molecule has 0 bridgehead atoms. The predicted octanol–water partition coefficient (Wildman–Crippen LogP) is 0.0529. The fourth-order valence-electron chi connectivity index (χ4n) is 2.26. The number of nitrogens with zero attached hydrogens (tertiary/aromatic N) is 1. The molecule has 1 rings (SSSR count). The zero-order valence-electron chi connectivity index (χ0n) is 10.1. The van der Waals surface area contributed by atoms with E-state index in [4.69, 9.17) is 10.5 Å². The van der Waals surface area contributed by atoms with Gasteiger partial charge in [-0.2, -0.15) is 0 Å². The van der Waals surface area contributed by atoms with Crippen molar-refractivity contribution in [1.82, 2.24) is 4.90 Å². The van der Waals surface area contributed by atoms with Crippen molar-refractivity contribution in [2.75, 3.05) is 33.4 Å². The molecule has 1 heterocycles. The standard InChI is InChI=1S/C11H24N2O2/c1-11(2)4-5-13(8-11)10(6-14)9(12)7-15-3/h9-10,14H,4-8,12H2,1-3H3. The Morgan fingerprint density at radius 2 is 2.20 bits per heavy atom. The Morgan fingerprint density at radius 3 is 2.60 bits per heavy atom. The Bertz CT molecular complexity index is 197. The molecule has 1 fully saturated rings. The first kappa shape index (κ1) is 12.9. The highest BCUT2D eigenvalue weighted by atomic mass is 16.5. The number of hydrogen-bond donors (Lipinski definition) is 2. The molecule has 4 heteroatoms. The minimum atomic E-state index is -0.103. The fourth-order valence-corrected chi connectivity index (χ4v) is 2.26. The molecule has 90 valence electrons. The van der Waals surface area contributed by atoms with Gasteiger partial charge in [-0.05, 0) is 18.4 Å². The lowest BCUT2D eigenvalue weighted by Crippen LogP contribution is -2.51. The summed E-state index contributed by atoms with van der Waals surface area (Å²) in [6.07, 6.45) is 1.17. The molecule has 0 radical (unpaired) electrons. The van der Waals surface area contributed by atoms with E-state index in [1.807, 2.05) is 0 Å². The van der Waals surface area contributed by atoms with Crippen LogP contribution in [-0.2, 0) is 4.74 Å². The maximum atomic E-state index is 9.38. The number of likely N-dealkylation sites (tertiary alicyclic amines) is 1. The van der Waals surface area contributed by atoms with E-state index in [0.29, 0.717) is 12.0 Å². The normalized spacial score (nSPS) is 25.4. The highest BCUT2D eigenvalue weighted by Gasteiger charge is 2.35. The van der Waals surface area contributed by atoms with Gasteiger partial charge in [-0.15, -0.1) is 0 Å². The van der Waals surface area contributed by atoms with Crippen molar-refractivity contribution in [3.63, 3.8) is 0 Å². The zero-order chi connectivity index (χ0) is 11.5. The van der Waals surface area contributed by atoms with Crippen molar-refractivity contribution in [2.24, 2.45) is 11.1 Å². The average molecular weight is 216 g/mol. The van der Waals surface area contributed by atoms with Gasteiger partial charge in [-0.25, -0.2) is 0 Å². The summed E-state index contributed by atoms with van der Waals surface area (Å²) in [5, 5.41) is 9.38. The van der Waals surface area contributed by atoms with Crippen molar-refractivity contribution in [3.8, 4) is 0 Å². The molecule has 0 spiro atoms. The molecule has 0 aliphatic carbocycles. The number of rotatable bonds is 5. The third-order valence-electron chi connectivity index (χ3n) is 3.22. The Balaban J connectivity index is 2.52. The molecule has 4 nitrogen and oxygen atoms in total. The van der Waals surface area contributed by atoms with Crippen molar-refractivity contribution >= 4 is 0 Å². The second-order valence-electron chi connectivity index (χ2n) is 5.25. The molecule has 0 amide bonds. The fraction of sp³-hybridized carbons (Fsp3) is 1.00.